The van der Waals surface area contributed by atoms with Crippen LogP contribution in [0.25, 0.3) is 0 Å². The molecule has 2 aromatic rings. The van der Waals surface area contributed by atoms with Crippen LogP contribution in [0.1, 0.15) is 0 Å². The van der Waals surface area contributed by atoms with Crippen molar-refractivity contribution in [1.29, 1.82) is 0 Å². The van der Waals surface area contributed by atoms with Crippen molar-refractivity contribution in [3.63, 3.8) is 0 Å². The summed E-state index contributed by atoms with van der Waals surface area (Å²) in [4.78, 5) is 4.27. The minimum absolute atomic E-state index is 0.709. The van der Waals surface area contributed by atoms with Gasteiger partial charge in [0.15, 0.2) is 0 Å². The lowest BCUT2D eigenvalue weighted by atomic mass is 10.3. The second kappa shape index (κ2) is 8.30. The average Bonchev–Trinajstić information content (AvgIpc) is 2.50. The van der Waals surface area contributed by atoms with E-state index in [1.54, 1.807) is 6.21 Å². The van der Waals surface area contributed by atoms with Gasteiger partial charge in [0.2, 0.25) is 0 Å². The Bertz CT molecular complexity index is 641. The van der Waals surface area contributed by atoms with Crippen LogP contribution in [0.2, 0.25) is 10.0 Å². The molecule has 0 bridgehead atoms. The van der Waals surface area contributed by atoms with Crippen molar-refractivity contribution in [3.8, 4) is 0 Å². The van der Waals surface area contributed by atoms with Crippen LogP contribution in [0.3, 0.4) is 0 Å². The lowest BCUT2D eigenvalue weighted by molar-refractivity contribution is 1.54. The fourth-order valence-electron chi connectivity index (χ4n) is 1.52. The molecule has 21 heavy (non-hydrogen) atoms. The van der Waals surface area contributed by atoms with Gasteiger partial charge in [-0.2, -0.15) is 0 Å². The molecule has 0 fully saturated rings. The Kier molecular flexibility index (Phi) is 6.07. The molecule has 2 nitrogen and oxygen atoms in total. The van der Waals surface area contributed by atoms with Gasteiger partial charge in [0.25, 0.3) is 0 Å². The smallest absolute Gasteiger partial charge is 0.0630 e. The van der Waals surface area contributed by atoms with E-state index in [0.717, 1.165) is 16.4 Å². The first-order valence-corrected chi connectivity index (χ1v) is 7.13. The summed E-state index contributed by atoms with van der Waals surface area (Å²) in [5.74, 6) is 0. The molecule has 2 rings (SSSR count). The molecular formula is C17H14Cl2N2. The zero-order valence-electron chi connectivity index (χ0n) is 11.2. The first-order valence-electron chi connectivity index (χ1n) is 6.37. The molecule has 0 atom stereocenters. The molecule has 2 aromatic carbocycles. The highest BCUT2D eigenvalue weighted by atomic mass is 35.5. The summed E-state index contributed by atoms with van der Waals surface area (Å²) in [5.41, 5.74) is 1.85. The summed E-state index contributed by atoms with van der Waals surface area (Å²) in [6.07, 6.45) is 9.21. The van der Waals surface area contributed by atoms with Crippen molar-refractivity contribution in [2.45, 2.75) is 0 Å². The van der Waals surface area contributed by atoms with Crippen LogP contribution in [0.5, 0.6) is 0 Å². The largest absolute Gasteiger partial charge is 0.362 e. The minimum atomic E-state index is 0.709. The fourth-order valence-corrected chi connectivity index (χ4v) is 1.77. The molecule has 1 N–H and O–H groups in total. The summed E-state index contributed by atoms with van der Waals surface area (Å²) in [5, 5.41) is 4.57. The predicted octanol–water partition coefficient (Wildman–Crippen LogP) is 5.88. The van der Waals surface area contributed by atoms with Crippen molar-refractivity contribution in [2.75, 3.05) is 5.32 Å². The van der Waals surface area contributed by atoms with Crippen molar-refractivity contribution < 1.29 is 0 Å². The monoisotopic (exact) mass is 316 g/mol. The van der Waals surface area contributed by atoms with Crippen LogP contribution in [-0.4, -0.2) is 6.21 Å². The standard InChI is InChI=1S/C17H14Cl2N2/c18-14-4-8-16(9-5-14)20-12-2-1-3-13-21-17-10-6-15(19)7-11-17/h1-13,20H/b3-1-,12-2-,21-13?. The molecule has 0 unspecified atom stereocenters. The summed E-state index contributed by atoms with van der Waals surface area (Å²) in [7, 11) is 0. The van der Waals surface area contributed by atoms with Gasteiger partial charge in [0.1, 0.15) is 0 Å². The maximum atomic E-state index is 5.81. The van der Waals surface area contributed by atoms with Crippen LogP contribution in [0.15, 0.2) is 78.0 Å². The molecule has 0 radical (unpaired) electrons. The van der Waals surface area contributed by atoms with Gasteiger partial charge in [-0.15, -0.1) is 0 Å². The number of rotatable bonds is 5. The number of nitrogens with zero attached hydrogens (tertiary/aromatic N) is 1. The van der Waals surface area contributed by atoms with Crippen LogP contribution in [0.4, 0.5) is 11.4 Å². The van der Waals surface area contributed by atoms with E-state index >= 15 is 0 Å². The summed E-state index contributed by atoms with van der Waals surface area (Å²) in [6, 6.07) is 14.9. The highest BCUT2D eigenvalue weighted by molar-refractivity contribution is 6.30. The maximum absolute atomic E-state index is 5.81. The van der Waals surface area contributed by atoms with E-state index in [2.05, 4.69) is 10.3 Å². The number of aliphatic imine (C=N–C) groups is 1. The van der Waals surface area contributed by atoms with Gasteiger partial charge < -0.3 is 5.32 Å². The number of nitrogens with one attached hydrogen (secondary N) is 1. The fraction of sp³-hybridized carbons (Fsp3) is 0. The molecule has 0 heterocycles. The Morgan fingerprint density at radius 1 is 0.762 bits per heavy atom. The lowest BCUT2D eigenvalue weighted by Crippen LogP contribution is -1.85. The van der Waals surface area contributed by atoms with Gasteiger partial charge in [0, 0.05) is 28.1 Å². The predicted molar refractivity (Wildman–Crippen MR) is 93.0 cm³/mol. The number of hydrogen-bond donors (Lipinski definition) is 1. The summed E-state index contributed by atoms with van der Waals surface area (Å²) < 4.78 is 0. The molecule has 106 valence electrons. The van der Waals surface area contributed by atoms with Crippen molar-refractivity contribution in [3.05, 3.63) is 83.0 Å². The van der Waals surface area contributed by atoms with Crippen LogP contribution >= 0.6 is 23.2 Å². The quantitative estimate of drug-likeness (QED) is 0.540. The average molecular weight is 317 g/mol. The Morgan fingerprint density at radius 3 is 2.05 bits per heavy atom. The topological polar surface area (TPSA) is 24.4 Å². The van der Waals surface area contributed by atoms with E-state index < -0.39 is 0 Å². The zero-order valence-corrected chi connectivity index (χ0v) is 12.7. The van der Waals surface area contributed by atoms with Gasteiger partial charge in [-0.1, -0.05) is 29.3 Å². The van der Waals surface area contributed by atoms with Crippen LogP contribution < -0.4 is 5.32 Å². The molecule has 4 heteroatoms. The number of benzene rings is 2. The molecule has 0 aliphatic rings. The van der Waals surface area contributed by atoms with Crippen molar-refractivity contribution in [2.24, 2.45) is 4.99 Å². The van der Waals surface area contributed by atoms with Crippen LogP contribution in [0, 0.1) is 0 Å². The number of hydrogen-bond acceptors (Lipinski definition) is 2. The van der Waals surface area contributed by atoms with E-state index in [-0.39, 0.29) is 0 Å². The van der Waals surface area contributed by atoms with E-state index in [1.165, 1.54) is 0 Å². The minimum Gasteiger partial charge on any atom is -0.362 e. The molecule has 0 aliphatic carbocycles. The number of allylic oxidation sites excluding steroid dienone is 3. The Labute approximate surface area is 134 Å². The first kappa shape index (κ1) is 15.4. The van der Waals surface area contributed by atoms with Crippen LogP contribution in [-0.2, 0) is 0 Å². The third-order valence-corrected chi connectivity index (χ3v) is 3.05. The van der Waals surface area contributed by atoms with Crippen molar-refractivity contribution in [1.82, 2.24) is 0 Å². The van der Waals surface area contributed by atoms with Gasteiger partial charge in [-0.25, -0.2) is 0 Å². The normalized spacial score (nSPS) is 11.7. The van der Waals surface area contributed by atoms with Gasteiger partial charge in [-0.05, 0) is 60.7 Å². The Morgan fingerprint density at radius 2 is 1.38 bits per heavy atom. The molecule has 0 aliphatic heterocycles. The first-order chi connectivity index (χ1) is 10.2. The third kappa shape index (κ3) is 5.86. The summed E-state index contributed by atoms with van der Waals surface area (Å²) in [6.45, 7) is 0. The second-order valence-electron chi connectivity index (χ2n) is 4.15. The maximum Gasteiger partial charge on any atom is 0.0630 e. The highest BCUT2D eigenvalue weighted by Gasteiger charge is 1.88. The molecular weight excluding hydrogens is 303 g/mol. The molecule has 0 saturated heterocycles. The molecule has 0 amide bonds. The second-order valence-corrected chi connectivity index (χ2v) is 5.02. The number of halogens is 2. The highest BCUT2D eigenvalue weighted by Crippen LogP contribution is 2.15. The van der Waals surface area contributed by atoms with E-state index in [4.69, 9.17) is 23.2 Å². The van der Waals surface area contributed by atoms with E-state index in [9.17, 15) is 0 Å². The summed E-state index contributed by atoms with van der Waals surface area (Å²) >= 11 is 11.6. The molecule has 0 aromatic heterocycles. The van der Waals surface area contributed by atoms with Gasteiger partial charge >= 0.3 is 0 Å². The van der Waals surface area contributed by atoms with E-state index in [1.807, 2.05) is 73.0 Å². The SMILES string of the molecule is Clc1ccc(N=C/C=C\C=C/Nc2ccc(Cl)cc2)cc1. The Balaban J connectivity index is 1.78. The molecule has 0 spiro atoms. The molecule has 0 saturated carbocycles. The lowest BCUT2D eigenvalue weighted by Gasteiger charge is -1.98. The Hall–Kier alpha value is -2.03. The van der Waals surface area contributed by atoms with E-state index in [0.29, 0.717) is 5.02 Å². The van der Waals surface area contributed by atoms with Gasteiger partial charge in [-0.3, -0.25) is 4.99 Å². The number of anilines is 1. The van der Waals surface area contributed by atoms with Crippen molar-refractivity contribution >= 4 is 40.8 Å². The third-order valence-electron chi connectivity index (χ3n) is 2.55. The van der Waals surface area contributed by atoms with Gasteiger partial charge in [0.05, 0.1) is 5.69 Å². The zero-order chi connectivity index (χ0) is 14.9.